The Labute approximate surface area is 279 Å². The molecule has 1 aromatic carbocycles. The second-order valence-electron chi connectivity index (χ2n) is 13.4. The van der Waals surface area contributed by atoms with Gasteiger partial charge in [-0.3, -0.25) is 34.3 Å². The summed E-state index contributed by atoms with van der Waals surface area (Å²) in [5.41, 5.74) is -0.276. The van der Waals surface area contributed by atoms with Crippen molar-refractivity contribution in [3.63, 3.8) is 0 Å². The molecule has 0 bridgehead atoms. The second kappa shape index (κ2) is 15.7. The van der Waals surface area contributed by atoms with E-state index in [9.17, 15) is 24.0 Å². The lowest BCUT2D eigenvalue weighted by Crippen LogP contribution is -2.54. The monoisotopic (exact) mass is 675 g/mol. The predicted octanol–water partition coefficient (Wildman–Crippen LogP) is 1.80. The van der Waals surface area contributed by atoms with Gasteiger partial charge < -0.3 is 28.7 Å². The van der Waals surface area contributed by atoms with Crippen LogP contribution in [0.2, 0.25) is 0 Å². The molecule has 1 unspecified atom stereocenters. The minimum Gasteiger partial charge on any atom is -0.444 e. The number of nitrogens with one attached hydrogen (secondary N) is 1. The topological polar surface area (TPSA) is 147 Å². The zero-order valence-corrected chi connectivity index (χ0v) is 28.0. The second-order valence-corrected chi connectivity index (χ2v) is 13.4. The zero-order chi connectivity index (χ0) is 34.4. The van der Waals surface area contributed by atoms with Crippen LogP contribution >= 0.6 is 0 Å². The Morgan fingerprint density at radius 3 is 2.12 bits per heavy atom. The minimum absolute atomic E-state index is 0.0173. The van der Waals surface area contributed by atoms with Gasteiger partial charge in [0.2, 0.25) is 11.8 Å². The van der Waals surface area contributed by atoms with E-state index in [4.69, 9.17) is 18.9 Å². The number of piperazine rings is 1. The lowest BCUT2D eigenvalue weighted by atomic mass is 10.0. The number of anilines is 1. The highest BCUT2D eigenvalue weighted by Gasteiger charge is 2.45. The molecule has 0 saturated carbocycles. The number of ether oxygens (including phenoxy) is 4. The molecule has 264 valence electrons. The highest BCUT2D eigenvalue weighted by atomic mass is 19.1. The van der Waals surface area contributed by atoms with Crippen LogP contribution < -0.4 is 10.2 Å². The first-order valence-corrected chi connectivity index (χ1v) is 16.7. The van der Waals surface area contributed by atoms with Crippen LogP contribution in [0.4, 0.5) is 14.9 Å². The summed E-state index contributed by atoms with van der Waals surface area (Å²) in [5, 5.41) is 2.16. The zero-order valence-electron chi connectivity index (χ0n) is 28.0. The van der Waals surface area contributed by atoms with Crippen LogP contribution in [0.5, 0.6) is 0 Å². The Kier molecular flexibility index (Phi) is 11.7. The number of halogens is 1. The molecule has 14 nitrogen and oxygen atoms in total. The van der Waals surface area contributed by atoms with Gasteiger partial charge in [-0.15, -0.1) is 0 Å². The van der Waals surface area contributed by atoms with Gasteiger partial charge in [-0.05, 0) is 52.2 Å². The van der Waals surface area contributed by atoms with Crippen LogP contribution in [-0.4, -0.2) is 141 Å². The number of likely N-dealkylation sites (tertiary alicyclic amines) is 1. The standard InChI is InChI=1S/C33H46FN5O9/c1-33(2,3)48-32(44)38-8-6-22(7-9-38)47-19-18-46-17-16-45-15-14-36-10-12-37(13-11-36)27-21-24-23(20-25(27)34)30(42)39(31(24)43)26-4-5-28(40)35-29(26)41/h20-22,26H,4-19H2,1-3H3,(H,35,40,41). The normalized spacial score (nSPS) is 21.2. The number of fused-ring (bicyclic) bond motifs is 1. The molecule has 1 aromatic rings. The van der Waals surface area contributed by atoms with Crippen molar-refractivity contribution in [2.24, 2.45) is 0 Å². The smallest absolute Gasteiger partial charge is 0.410 e. The quantitative estimate of drug-likeness (QED) is 0.256. The number of imide groups is 2. The van der Waals surface area contributed by atoms with Gasteiger partial charge in [0, 0.05) is 52.2 Å². The largest absolute Gasteiger partial charge is 0.444 e. The van der Waals surface area contributed by atoms with Crippen LogP contribution in [0.25, 0.3) is 0 Å². The van der Waals surface area contributed by atoms with Gasteiger partial charge in [-0.1, -0.05) is 0 Å². The third-order valence-corrected chi connectivity index (χ3v) is 8.82. The van der Waals surface area contributed by atoms with Gasteiger partial charge in [0.1, 0.15) is 17.5 Å². The Morgan fingerprint density at radius 1 is 0.854 bits per heavy atom. The molecule has 1 atom stereocenters. The van der Waals surface area contributed by atoms with E-state index >= 15 is 4.39 Å². The third kappa shape index (κ3) is 8.87. The van der Waals surface area contributed by atoms with E-state index in [0.29, 0.717) is 78.8 Å². The van der Waals surface area contributed by atoms with Gasteiger partial charge in [0.05, 0.1) is 56.0 Å². The summed E-state index contributed by atoms with van der Waals surface area (Å²) >= 11 is 0. The Bertz CT molecular complexity index is 1370. The molecule has 1 N–H and O–H groups in total. The maximum Gasteiger partial charge on any atom is 0.410 e. The SMILES string of the molecule is CC(C)(C)OC(=O)N1CCC(OCCOCCOCCN2CCN(c3cc4c(cc3F)C(=O)N(C3CCC(=O)NC3=O)C4=O)CC2)CC1. The van der Waals surface area contributed by atoms with Gasteiger partial charge >= 0.3 is 6.09 Å². The number of carbonyl (C=O) groups is 5. The molecular weight excluding hydrogens is 629 g/mol. The summed E-state index contributed by atoms with van der Waals surface area (Å²) < 4.78 is 37.9. The summed E-state index contributed by atoms with van der Waals surface area (Å²) in [7, 11) is 0. The van der Waals surface area contributed by atoms with E-state index in [2.05, 4.69) is 10.2 Å². The van der Waals surface area contributed by atoms with E-state index in [1.807, 2.05) is 25.7 Å². The molecule has 0 aliphatic carbocycles. The minimum atomic E-state index is -1.10. The first kappa shape index (κ1) is 35.6. The molecule has 3 saturated heterocycles. The molecule has 4 aliphatic heterocycles. The fourth-order valence-corrected chi connectivity index (χ4v) is 6.25. The van der Waals surface area contributed by atoms with Crippen molar-refractivity contribution in [2.45, 2.75) is 64.2 Å². The van der Waals surface area contributed by atoms with E-state index in [1.165, 1.54) is 6.07 Å². The highest BCUT2D eigenvalue weighted by Crippen LogP contribution is 2.33. The average molecular weight is 676 g/mol. The fraction of sp³-hybridized carbons (Fsp3) is 0.667. The average Bonchev–Trinajstić information content (AvgIpc) is 3.27. The van der Waals surface area contributed by atoms with E-state index in [1.54, 1.807) is 4.90 Å². The first-order valence-electron chi connectivity index (χ1n) is 16.7. The maximum atomic E-state index is 15.2. The van der Waals surface area contributed by atoms with Crippen LogP contribution in [0, 0.1) is 5.82 Å². The number of carbonyl (C=O) groups excluding carboxylic acids is 5. The first-order chi connectivity index (χ1) is 22.9. The molecule has 3 fully saturated rings. The van der Waals surface area contributed by atoms with Crippen molar-refractivity contribution in [2.75, 3.05) is 83.7 Å². The number of hydrogen-bond acceptors (Lipinski definition) is 11. The Hall–Kier alpha value is -3.66. The van der Waals surface area contributed by atoms with Crippen LogP contribution in [0.3, 0.4) is 0 Å². The van der Waals surface area contributed by atoms with Crippen molar-refractivity contribution < 1.29 is 47.3 Å². The fourth-order valence-electron chi connectivity index (χ4n) is 6.25. The predicted molar refractivity (Wildman–Crippen MR) is 170 cm³/mol. The molecule has 48 heavy (non-hydrogen) atoms. The van der Waals surface area contributed by atoms with Crippen molar-refractivity contribution in [1.82, 2.24) is 20.0 Å². The van der Waals surface area contributed by atoms with Gasteiger partial charge in [-0.25, -0.2) is 9.18 Å². The molecule has 4 aliphatic rings. The van der Waals surface area contributed by atoms with E-state index < -0.39 is 41.1 Å². The van der Waals surface area contributed by atoms with Crippen molar-refractivity contribution in [3.05, 3.63) is 29.1 Å². The van der Waals surface area contributed by atoms with E-state index in [0.717, 1.165) is 23.8 Å². The molecule has 4 heterocycles. The number of benzene rings is 1. The number of hydrogen-bond donors (Lipinski definition) is 1. The maximum absolute atomic E-state index is 15.2. The lowest BCUT2D eigenvalue weighted by Gasteiger charge is -2.36. The molecular formula is C33H46FN5O9. The van der Waals surface area contributed by atoms with Gasteiger partial charge in [0.15, 0.2) is 0 Å². The lowest BCUT2D eigenvalue weighted by molar-refractivity contribution is -0.136. The molecule has 5 amide bonds. The van der Waals surface area contributed by atoms with Gasteiger partial charge in [-0.2, -0.15) is 0 Å². The number of nitrogens with zero attached hydrogens (tertiary/aromatic N) is 4. The number of rotatable bonds is 12. The summed E-state index contributed by atoms with van der Waals surface area (Å²) in [6.07, 6.45) is 1.42. The van der Waals surface area contributed by atoms with Crippen molar-refractivity contribution >= 4 is 35.4 Å². The molecule has 0 aromatic heterocycles. The number of amides is 5. The van der Waals surface area contributed by atoms with Crippen LogP contribution in [-0.2, 0) is 28.5 Å². The molecule has 15 heteroatoms. The third-order valence-electron chi connectivity index (χ3n) is 8.82. The molecule has 0 spiro atoms. The highest BCUT2D eigenvalue weighted by molar-refractivity contribution is 6.23. The van der Waals surface area contributed by atoms with E-state index in [-0.39, 0.29) is 41.9 Å². The molecule has 5 rings (SSSR count). The summed E-state index contributed by atoms with van der Waals surface area (Å²) in [6, 6.07) is 1.37. The Morgan fingerprint density at radius 2 is 1.48 bits per heavy atom. The summed E-state index contributed by atoms with van der Waals surface area (Å²) in [6.45, 7) is 12.3. The molecule has 0 radical (unpaired) electrons. The van der Waals surface area contributed by atoms with Crippen molar-refractivity contribution in [3.8, 4) is 0 Å². The van der Waals surface area contributed by atoms with Gasteiger partial charge in [0.25, 0.3) is 11.8 Å². The summed E-state index contributed by atoms with van der Waals surface area (Å²) in [4.78, 5) is 68.7. The summed E-state index contributed by atoms with van der Waals surface area (Å²) in [5.74, 6) is -3.15. The Balaban J connectivity index is 0.939. The van der Waals surface area contributed by atoms with Crippen LogP contribution in [0.1, 0.15) is 67.2 Å². The number of piperidine rings is 2. The van der Waals surface area contributed by atoms with Crippen LogP contribution in [0.15, 0.2) is 12.1 Å². The van der Waals surface area contributed by atoms with Crippen molar-refractivity contribution in [1.29, 1.82) is 0 Å².